The fraction of sp³-hybridized carbons (Fsp3) is 0.357. The topological polar surface area (TPSA) is 50.7 Å². The van der Waals surface area contributed by atoms with Crippen LogP contribution in [0.1, 0.15) is 26.5 Å². The minimum Gasteiger partial charge on any atom is -0.373 e. The lowest BCUT2D eigenvalue weighted by Gasteiger charge is -2.19. The molecule has 1 N–H and O–H groups in total. The summed E-state index contributed by atoms with van der Waals surface area (Å²) in [6.07, 6.45) is 1.75. The molecule has 0 aliphatic carbocycles. The molecule has 4 nitrogen and oxygen atoms in total. The molecule has 0 saturated carbocycles. The lowest BCUT2D eigenvalue weighted by Crippen LogP contribution is -2.15. The lowest BCUT2D eigenvalue weighted by atomic mass is 9.92. The molecule has 2 aromatic rings. The van der Waals surface area contributed by atoms with Crippen LogP contribution in [0.25, 0.3) is 11.5 Å². The maximum atomic E-state index is 4.61. The van der Waals surface area contributed by atoms with Crippen molar-refractivity contribution in [3.63, 3.8) is 0 Å². The predicted molar refractivity (Wildman–Crippen MR) is 73.5 cm³/mol. The van der Waals surface area contributed by atoms with Crippen LogP contribution in [0.4, 0.5) is 5.82 Å². The molecule has 18 heavy (non-hydrogen) atoms. The summed E-state index contributed by atoms with van der Waals surface area (Å²) < 4.78 is 0. The van der Waals surface area contributed by atoms with Gasteiger partial charge in [-0.05, 0) is 12.1 Å². The Morgan fingerprint density at radius 3 is 2.44 bits per heavy atom. The monoisotopic (exact) mass is 242 g/mol. The molecule has 0 radical (unpaired) electrons. The van der Waals surface area contributed by atoms with Gasteiger partial charge >= 0.3 is 0 Å². The number of rotatable bonds is 2. The molecule has 0 aliphatic rings. The number of hydrogen-bond acceptors (Lipinski definition) is 4. The van der Waals surface area contributed by atoms with E-state index in [1.54, 1.807) is 6.20 Å². The minimum atomic E-state index is -0.0158. The summed E-state index contributed by atoms with van der Waals surface area (Å²) in [5.41, 5.74) is 1.78. The Kier molecular flexibility index (Phi) is 3.28. The molecular weight excluding hydrogens is 224 g/mol. The first-order chi connectivity index (χ1) is 8.50. The van der Waals surface area contributed by atoms with Crippen LogP contribution in [-0.4, -0.2) is 22.0 Å². The van der Waals surface area contributed by atoms with Gasteiger partial charge in [0.15, 0.2) is 5.82 Å². The van der Waals surface area contributed by atoms with E-state index in [-0.39, 0.29) is 5.41 Å². The maximum absolute atomic E-state index is 4.61. The molecule has 2 heterocycles. The van der Waals surface area contributed by atoms with Crippen LogP contribution in [0.2, 0.25) is 0 Å². The van der Waals surface area contributed by atoms with Crippen LogP contribution in [0, 0.1) is 0 Å². The van der Waals surface area contributed by atoms with E-state index in [9.17, 15) is 0 Å². The van der Waals surface area contributed by atoms with Gasteiger partial charge in [-0.25, -0.2) is 9.97 Å². The summed E-state index contributed by atoms with van der Waals surface area (Å²) in [7, 11) is 1.86. The van der Waals surface area contributed by atoms with E-state index in [2.05, 4.69) is 41.0 Å². The number of nitrogens with zero attached hydrogens (tertiary/aromatic N) is 3. The average molecular weight is 242 g/mol. The number of pyridine rings is 1. The summed E-state index contributed by atoms with van der Waals surface area (Å²) in [6, 6.07) is 7.72. The molecule has 2 rings (SSSR count). The van der Waals surface area contributed by atoms with Crippen molar-refractivity contribution in [1.82, 2.24) is 15.0 Å². The Morgan fingerprint density at radius 1 is 1.11 bits per heavy atom. The van der Waals surface area contributed by atoms with Crippen LogP contribution in [0.5, 0.6) is 0 Å². The van der Waals surface area contributed by atoms with E-state index >= 15 is 0 Å². The molecule has 0 fully saturated rings. The van der Waals surface area contributed by atoms with E-state index in [1.807, 2.05) is 31.3 Å². The summed E-state index contributed by atoms with van der Waals surface area (Å²) in [6.45, 7) is 6.41. The van der Waals surface area contributed by atoms with E-state index in [0.29, 0.717) is 5.82 Å². The molecule has 0 aromatic carbocycles. The number of hydrogen-bond donors (Lipinski definition) is 1. The van der Waals surface area contributed by atoms with Crippen molar-refractivity contribution in [3.05, 3.63) is 36.2 Å². The van der Waals surface area contributed by atoms with E-state index in [4.69, 9.17) is 0 Å². The van der Waals surface area contributed by atoms with Crippen molar-refractivity contribution < 1.29 is 0 Å². The zero-order chi connectivity index (χ0) is 13.2. The van der Waals surface area contributed by atoms with Crippen molar-refractivity contribution in [2.75, 3.05) is 12.4 Å². The van der Waals surface area contributed by atoms with Crippen LogP contribution < -0.4 is 5.32 Å². The van der Waals surface area contributed by atoms with Crippen LogP contribution >= 0.6 is 0 Å². The van der Waals surface area contributed by atoms with Gasteiger partial charge in [0.05, 0.1) is 5.69 Å². The average Bonchev–Trinajstić information content (AvgIpc) is 2.38. The lowest BCUT2D eigenvalue weighted by molar-refractivity contribution is 0.568. The normalized spacial score (nSPS) is 11.3. The zero-order valence-corrected chi connectivity index (χ0v) is 11.2. The first-order valence-electron chi connectivity index (χ1n) is 5.99. The predicted octanol–water partition coefficient (Wildman–Crippen LogP) is 2.88. The third kappa shape index (κ3) is 2.64. The summed E-state index contributed by atoms with van der Waals surface area (Å²) in [5.74, 6) is 1.47. The molecule has 0 aliphatic heterocycles. The number of anilines is 1. The van der Waals surface area contributed by atoms with E-state index < -0.39 is 0 Å². The molecule has 94 valence electrons. The van der Waals surface area contributed by atoms with Gasteiger partial charge < -0.3 is 5.32 Å². The Balaban J connectivity index is 2.55. The van der Waals surface area contributed by atoms with Gasteiger partial charge in [0.2, 0.25) is 0 Å². The minimum absolute atomic E-state index is 0.0158. The second-order valence-corrected chi connectivity index (χ2v) is 5.18. The van der Waals surface area contributed by atoms with Gasteiger partial charge in [-0.15, -0.1) is 0 Å². The number of aromatic nitrogens is 3. The molecule has 0 saturated heterocycles. The first-order valence-corrected chi connectivity index (χ1v) is 5.99. The Labute approximate surface area is 108 Å². The highest BCUT2D eigenvalue weighted by Crippen LogP contribution is 2.24. The van der Waals surface area contributed by atoms with Gasteiger partial charge in [0.1, 0.15) is 11.5 Å². The van der Waals surface area contributed by atoms with Gasteiger partial charge in [0, 0.05) is 24.7 Å². The molecule has 0 spiro atoms. The highest BCUT2D eigenvalue weighted by atomic mass is 15.0. The highest BCUT2D eigenvalue weighted by molar-refractivity contribution is 5.53. The van der Waals surface area contributed by atoms with Gasteiger partial charge in [-0.2, -0.15) is 0 Å². The molecule has 0 bridgehead atoms. The molecule has 2 aromatic heterocycles. The van der Waals surface area contributed by atoms with Gasteiger partial charge in [0.25, 0.3) is 0 Å². The van der Waals surface area contributed by atoms with Crippen LogP contribution in [0.15, 0.2) is 30.5 Å². The first kappa shape index (κ1) is 12.5. The standard InChI is InChI=1S/C14H18N4/c1-14(2,3)11-9-12(15-4)18-13(17-11)10-7-5-6-8-16-10/h5-9H,1-4H3,(H,15,17,18). The molecular formula is C14H18N4. The summed E-state index contributed by atoms with van der Waals surface area (Å²) >= 11 is 0. The fourth-order valence-corrected chi connectivity index (χ4v) is 1.57. The molecule has 0 amide bonds. The van der Waals surface area contributed by atoms with Crippen molar-refractivity contribution in [2.24, 2.45) is 0 Å². The Morgan fingerprint density at radius 2 is 1.89 bits per heavy atom. The number of nitrogens with one attached hydrogen (secondary N) is 1. The smallest absolute Gasteiger partial charge is 0.180 e. The molecule has 0 atom stereocenters. The van der Waals surface area contributed by atoms with E-state index in [1.165, 1.54) is 0 Å². The largest absolute Gasteiger partial charge is 0.373 e. The van der Waals surface area contributed by atoms with Gasteiger partial charge in [-0.1, -0.05) is 26.8 Å². The quantitative estimate of drug-likeness (QED) is 0.879. The van der Waals surface area contributed by atoms with Crippen molar-refractivity contribution in [3.8, 4) is 11.5 Å². The second kappa shape index (κ2) is 4.72. The summed E-state index contributed by atoms with van der Waals surface area (Å²) in [4.78, 5) is 13.4. The third-order valence-corrected chi connectivity index (χ3v) is 2.64. The van der Waals surface area contributed by atoms with E-state index in [0.717, 1.165) is 17.2 Å². The highest BCUT2D eigenvalue weighted by Gasteiger charge is 2.18. The molecule has 0 unspecified atom stereocenters. The fourth-order valence-electron chi connectivity index (χ4n) is 1.57. The second-order valence-electron chi connectivity index (χ2n) is 5.18. The summed E-state index contributed by atoms with van der Waals surface area (Å²) in [5, 5.41) is 3.07. The van der Waals surface area contributed by atoms with Crippen LogP contribution in [0.3, 0.4) is 0 Å². The molecule has 4 heteroatoms. The van der Waals surface area contributed by atoms with Crippen molar-refractivity contribution in [2.45, 2.75) is 26.2 Å². The Hall–Kier alpha value is -1.97. The van der Waals surface area contributed by atoms with Crippen molar-refractivity contribution in [1.29, 1.82) is 0 Å². The van der Waals surface area contributed by atoms with Gasteiger partial charge in [-0.3, -0.25) is 4.98 Å². The van der Waals surface area contributed by atoms with Crippen LogP contribution in [-0.2, 0) is 5.41 Å². The Bertz CT molecular complexity index is 529. The zero-order valence-electron chi connectivity index (χ0n) is 11.2. The maximum Gasteiger partial charge on any atom is 0.180 e. The van der Waals surface area contributed by atoms with Crippen molar-refractivity contribution >= 4 is 5.82 Å². The third-order valence-electron chi connectivity index (χ3n) is 2.64. The SMILES string of the molecule is CNc1cc(C(C)(C)C)nc(-c2ccccn2)n1.